The zero-order valence-electron chi connectivity index (χ0n) is 10.3. The van der Waals surface area contributed by atoms with E-state index in [1.807, 2.05) is 0 Å². The van der Waals surface area contributed by atoms with Crippen molar-refractivity contribution in [3.05, 3.63) is 29.6 Å². The summed E-state index contributed by atoms with van der Waals surface area (Å²) in [4.78, 5) is 18.6. The SMILES string of the molecule is CCOC(=O)c1ccc(F)c(N=C(N)N=C(N)N)c1. The summed E-state index contributed by atoms with van der Waals surface area (Å²) in [5.74, 6) is -1.87. The number of guanidine groups is 2. The molecule has 0 atom stereocenters. The van der Waals surface area contributed by atoms with Gasteiger partial charge in [-0.15, -0.1) is 0 Å². The first kappa shape index (κ1) is 14.4. The minimum atomic E-state index is -0.665. The third kappa shape index (κ3) is 4.26. The van der Waals surface area contributed by atoms with Gasteiger partial charge in [0.05, 0.1) is 12.2 Å². The molecule has 102 valence electrons. The highest BCUT2D eigenvalue weighted by Gasteiger charge is 2.10. The van der Waals surface area contributed by atoms with Crippen molar-refractivity contribution in [2.75, 3.05) is 6.61 Å². The zero-order valence-corrected chi connectivity index (χ0v) is 10.3. The first-order chi connectivity index (χ1) is 8.93. The summed E-state index contributed by atoms with van der Waals surface area (Å²) >= 11 is 0. The van der Waals surface area contributed by atoms with E-state index < -0.39 is 11.8 Å². The van der Waals surface area contributed by atoms with Crippen LogP contribution < -0.4 is 17.2 Å². The van der Waals surface area contributed by atoms with Crippen molar-refractivity contribution in [3.8, 4) is 0 Å². The molecule has 0 saturated carbocycles. The van der Waals surface area contributed by atoms with Crippen molar-refractivity contribution in [1.29, 1.82) is 0 Å². The number of hydrogen-bond acceptors (Lipinski definition) is 3. The van der Waals surface area contributed by atoms with E-state index in [0.29, 0.717) is 0 Å². The molecular weight excluding hydrogens is 253 g/mol. The lowest BCUT2D eigenvalue weighted by Gasteiger charge is -2.03. The summed E-state index contributed by atoms with van der Waals surface area (Å²) in [6.45, 7) is 1.88. The highest BCUT2D eigenvalue weighted by Crippen LogP contribution is 2.20. The lowest BCUT2D eigenvalue weighted by Crippen LogP contribution is -2.26. The summed E-state index contributed by atoms with van der Waals surface area (Å²) in [6.07, 6.45) is 0. The van der Waals surface area contributed by atoms with Gasteiger partial charge in [0.1, 0.15) is 11.5 Å². The highest BCUT2D eigenvalue weighted by molar-refractivity contribution is 5.94. The molecule has 0 aliphatic carbocycles. The van der Waals surface area contributed by atoms with Crippen LogP contribution in [0.2, 0.25) is 0 Å². The van der Waals surface area contributed by atoms with Gasteiger partial charge in [-0.05, 0) is 25.1 Å². The van der Waals surface area contributed by atoms with Gasteiger partial charge >= 0.3 is 5.97 Å². The Bertz CT molecular complexity index is 538. The molecule has 0 spiro atoms. The fourth-order valence-electron chi connectivity index (χ4n) is 1.22. The van der Waals surface area contributed by atoms with E-state index in [-0.39, 0.29) is 29.8 Å². The van der Waals surface area contributed by atoms with Crippen molar-refractivity contribution >= 4 is 23.6 Å². The van der Waals surface area contributed by atoms with E-state index in [1.54, 1.807) is 6.92 Å². The minimum absolute atomic E-state index is 0.152. The number of esters is 1. The van der Waals surface area contributed by atoms with Crippen LogP contribution in [0.15, 0.2) is 28.2 Å². The Morgan fingerprint density at radius 1 is 1.37 bits per heavy atom. The summed E-state index contributed by atoms with van der Waals surface area (Å²) in [5.41, 5.74) is 15.6. The molecule has 0 amide bonds. The van der Waals surface area contributed by atoms with E-state index in [0.717, 1.165) is 6.07 Å². The highest BCUT2D eigenvalue weighted by atomic mass is 19.1. The Labute approximate surface area is 109 Å². The Hall–Kier alpha value is -2.64. The third-order valence-corrected chi connectivity index (χ3v) is 1.94. The van der Waals surface area contributed by atoms with Crippen LogP contribution in [0.1, 0.15) is 17.3 Å². The van der Waals surface area contributed by atoms with Crippen LogP contribution in [0.3, 0.4) is 0 Å². The average molecular weight is 267 g/mol. The zero-order chi connectivity index (χ0) is 14.4. The number of halogens is 1. The molecular formula is C11H14FN5O2. The van der Waals surface area contributed by atoms with Gasteiger partial charge in [0.25, 0.3) is 0 Å². The maximum atomic E-state index is 13.5. The second kappa shape index (κ2) is 6.34. The van der Waals surface area contributed by atoms with Gasteiger partial charge in [-0.1, -0.05) is 0 Å². The third-order valence-electron chi connectivity index (χ3n) is 1.94. The Kier molecular flexibility index (Phi) is 4.81. The number of carbonyl (C=O) groups excluding carboxylic acids is 1. The molecule has 0 radical (unpaired) electrons. The predicted octanol–water partition coefficient (Wildman–Crippen LogP) is 0.222. The molecule has 0 bridgehead atoms. The van der Waals surface area contributed by atoms with Gasteiger partial charge in [0.2, 0.25) is 5.96 Å². The number of benzene rings is 1. The lowest BCUT2D eigenvalue weighted by molar-refractivity contribution is 0.0526. The number of hydrogen-bond donors (Lipinski definition) is 3. The number of rotatable bonds is 3. The van der Waals surface area contributed by atoms with Gasteiger partial charge in [-0.25, -0.2) is 14.2 Å². The first-order valence-electron chi connectivity index (χ1n) is 5.34. The molecule has 0 saturated heterocycles. The van der Waals surface area contributed by atoms with Gasteiger partial charge in [-0.3, -0.25) is 0 Å². The average Bonchev–Trinajstić information content (AvgIpc) is 2.31. The molecule has 0 unspecified atom stereocenters. The molecule has 7 nitrogen and oxygen atoms in total. The number of carbonyl (C=O) groups is 1. The fourth-order valence-corrected chi connectivity index (χ4v) is 1.22. The Balaban J connectivity index is 3.11. The molecule has 1 aromatic rings. The second-order valence-corrected chi connectivity index (χ2v) is 3.39. The molecule has 19 heavy (non-hydrogen) atoms. The quantitative estimate of drug-likeness (QED) is 0.410. The molecule has 6 N–H and O–H groups in total. The van der Waals surface area contributed by atoms with Crippen LogP contribution in [0.4, 0.5) is 10.1 Å². The van der Waals surface area contributed by atoms with Gasteiger partial charge in [0, 0.05) is 0 Å². The summed E-state index contributed by atoms with van der Waals surface area (Å²) in [6, 6.07) is 3.55. The van der Waals surface area contributed by atoms with Crippen molar-refractivity contribution in [3.63, 3.8) is 0 Å². The second-order valence-electron chi connectivity index (χ2n) is 3.39. The fraction of sp³-hybridized carbons (Fsp3) is 0.182. The van der Waals surface area contributed by atoms with Crippen LogP contribution in [0.5, 0.6) is 0 Å². The Morgan fingerprint density at radius 2 is 2.05 bits per heavy atom. The molecule has 0 heterocycles. The van der Waals surface area contributed by atoms with E-state index in [2.05, 4.69) is 9.98 Å². The summed E-state index contributed by atoms with van der Waals surface area (Å²) in [7, 11) is 0. The lowest BCUT2D eigenvalue weighted by atomic mass is 10.2. The van der Waals surface area contributed by atoms with Crippen molar-refractivity contribution in [2.24, 2.45) is 27.2 Å². The number of nitrogens with two attached hydrogens (primary N) is 3. The summed E-state index contributed by atoms with van der Waals surface area (Å²) in [5, 5.41) is 0. The molecule has 0 aromatic heterocycles. The van der Waals surface area contributed by atoms with E-state index in [1.165, 1.54) is 12.1 Å². The first-order valence-corrected chi connectivity index (χ1v) is 5.34. The largest absolute Gasteiger partial charge is 0.462 e. The monoisotopic (exact) mass is 267 g/mol. The summed E-state index contributed by atoms with van der Waals surface area (Å²) < 4.78 is 18.3. The van der Waals surface area contributed by atoms with Crippen LogP contribution in [-0.2, 0) is 4.74 Å². The number of nitrogens with zero attached hydrogens (tertiary/aromatic N) is 2. The molecule has 0 aliphatic rings. The standard InChI is InChI=1S/C11H14FN5O2/c1-2-19-9(18)6-3-4-7(12)8(5-6)16-11(15)17-10(13)14/h3-5H,2H2,1H3,(H6,13,14,15,16,17). The van der Waals surface area contributed by atoms with Crippen molar-refractivity contribution in [1.82, 2.24) is 0 Å². The molecule has 1 aromatic carbocycles. The molecule has 0 aliphatic heterocycles. The van der Waals surface area contributed by atoms with E-state index in [9.17, 15) is 9.18 Å². The maximum absolute atomic E-state index is 13.5. The smallest absolute Gasteiger partial charge is 0.338 e. The van der Waals surface area contributed by atoms with Gasteiger partial charge in [0.15, 0.2) is 5.96 Å². The Morgan fingerprint density at radius 3 is 2.63 bits per heavy atom. The normalized spacial score (nSPS) is 10.9. The van der Waals surface area contributed by atoms with Crippen molar-refractivity contribution < 1.29 is 13.9 Å². The topological polar surface area (TPSA) is 129 Å². The van der Waals surface area contributed by atoms with Gasteiger partial charge < -0.3 is 21.9 Å². The van der Waals surface area contributed by atoms with Gasteiger partial charge in [-0.2, -0.15) is 4.99 Å². The minimum Gasteiger partial charge on any atom is -0.462 e. The molecule has 8 heteroatoms. The van der Waals surface area contributed by atoms with Crippen LogP contribution in [-0.4, -0.2) is 24.5 Å². The van der Waals surface area contributed by atoms with E-state index >= 15 is 0 Å². The van der Waals surface area contributed by atoms with Crippen LogP contribution >= 0.6 is 0 Å². The van der Waals surface area contributed by atoms with Crippen molar-refractivity contribution in [2.45, 2.75) is 6.92 Å². The van der Waals surface area contributed by atoms with E-state index in [4.69, 9.17) is 21.9 Å². The maximum Gasteiger partial charge on any atom is 0.338 e. The van der Waals surface area contributed by atoms with Crippen LogP contribution in [0.25, 0.3) is 0 Å². The molecule has 0 fully saturated rings. The molecule has 1 rings (SSSR count). The van der Waals surface area contributed by atoms with Crippen LogP contribution in [0, 0.1) is 5.82 Å². The number of ether oxygens (including phenoxy) is 1. The predicted molar refractivity (Wildman–Crippen MR) is 69.4 cm³/mol. The number of aliphatic imine (C=N–C) groups is 2.